The maximum Gasteiger partial charge on any atom is 0.257 e. The molecule has 0 saturated carbocycles. The first-order chi connectivity index (χ1) is 14.1. The Morgan fingerprint density at radius 2 is 2.14 bits per heavy atom. The van der Waals surface area contributed by atoms with Gasteiger partial charge in [-0.15, -0.1) is 6.58 Å². The summed E-state index contributed by atoms with van der Waals surface area (Å²) < 4.78 is 19.8. The van der Waals surface area contributed by atoms with Crippen LogP contribution in [0.4, 0.5) is 4.39 Å². The molecular formula is C22H22FN3O3. The van der Waals surface area contributed by atoms with Gasteiger partial charge in [0.25, 0.3) is 11.8 Å². The Labute approximate surface area is 168 Å². The number of benzene rings is 1. The van der Waals surface area contributed by atoms with Gasteiger partial charge in [0.2, 0.25) is 0 Å². The first kappa shape index (κ1) is 19.3. The average Bonchev–Trinajstić information content (AvgIpc) is 3.24. The summed E-state index contributed by atoms with van der Waals surface area (Å²) in [6, 6.07) is 3.91. The third-order valence-electron chi connectivity index (χ3n) is 5.28. The summed E-state index contributed by atoms with van der Waals surface area (Å²) in [4.78, 5) is 33.0. The van der Waals surface area contributed by atoms with Gasteiger partial charge in [-0.1, -0.05) is 12.1 Å². The Kier molecular flexibility index (Phi) is 5.40. The Balaban J connectivity index is 1.70. The molecule has 1 aromatic carbocycles. The third kappa shape index (κ3) is 3.65. The van der Waals surface area contributed by atoms with Gasteiger partial charge in [0, 0.05) is 37.6 Å². The largest absolute Gasteiger partial charge is 0.378 e. The van der Waals surface area contributed by atoms with Crippen molar-refractivity contribution in [1.82, 2.24) is 9.80 Å². The fourth-order valence-electron chi connectivity index (χ4n) is 3.71. The molecule has 0 aromatic heterocycles. The van der Waals surface area contributed by atoms with Gasteiger partial charge >= 0.3 is 0 Å². The molecule has 1 atom stereocenters. The van der Waals surface area contributed by atoms with Gasteiger partial charge in [-0.3, -0.25) is 14.6 Å². The van der Waals surface area contributed by atoms with E-state index in [2.05, 4.69) is 11.6 Å². The zero-order valence-electron chi connectivity index (χ0n) is 16.0. The molecule has 6 nitrogen and oxygen atoms in total. The third-order valence-corrected chi connectivity index (χ3v) is 5.28. The number of nitrogens with zero attached hydrogens (tertiary/aromatic N) is 3. The molecule has 0 spiro atoms. The lowest BCUT2D eigenvalue weighted by atomic mass is 9.89. The van der Waals surface area contributed by atoms with Gasteiger partial charge < -0.3 is 14.5 Å². The Hall–Kier alpha value is -3.06. The van der Waals surface area contributed by atoms with Crippen molar-refractivity contribution in [2.75, 3.05) is 32.8 Å². The van der Waals surface area contributed by atoms with E-state index in [1.165, 1.54) is 6.07 Å². The van der Waals surface area contributed by atoms with Crippen LogP contribution in [0.2, 0.25) is 0 Å². The Morgan fingerprint density at radius 3 is 2.90 bits per heavy atom. The van der Waals surface area contributed by atoms with Crippen LogP contribution in [0.3, 0.4) is 0 Å². The number of hydrogen-bond acceptors (Lipinski definition) is 4. The number of allylic oxidation sites excluding steroid dienone is 1. The summed E-state index contributed by atoms with van der Waals surface area (Å²) in [5.74, 6) is -1.01. The summed E-state index contributed by atoms with van der Waals surface area (Å²) in [6.45, 7) is 5.98. The number of carbonyl (C=O) groups excluding carboxylic acids is 2. The molecule has 0 radical (unpaired) electrons. The molecule has 29 heavy (non-hydrogen) atoms. The second-order valence-electron chi connectivity index (χ2n) is 7.07. The molecule has 3 aliphatic rings. The van der Waals surface area contributed by atoms with Crippen molar-refractivity contribution >= 4 is 23.6 Å². The van der Waals surface area contributed by atoms with Gasteiger partial charge in [-0.05, 0) is 35.8 Å². The summed E-state index contributed by atoms with van der Waals surface area (Å²) in [7, 11) is 0. The van der Waals surface area contributed by atoms with Crippen LogP contribution in [-0.4, -0.2) is 66.7 Å². The van der Waals surface area contributed by atoms with Crippen LogP contribution < -0.4 is 0 Å². The van der Waals surface area contributed by atoms with Gasteiger partial charge in [-0.25, -0.2) is 4.39 Å². The number of halogens is 1. The van der Waals surface area contributed by atoms with Crippen LogP contribution in [0.5, 0.6) is 0 Å². The van der Waals surface area contributed by atoms with Crippen molar-refractivity contribution in [2.24, 2.45) is 4.99 Å². The van der Waals surface area contributed by atoms with E-state index in [0.717, 1.165) is 11.1 Å². The highest BCUT2D eigenvalue weighted by Gasteiger charge is 2.35. The van der Waals surface area contributed by atoms with E-state index < -0.39 is 11.9 Å². The number of morpholine rings is 1. The molecule has 0 N–H and O–H groups in total. The van der Waals surface area contributed by atoms with Crippen molar-refractivity contribution in [3.05, 3.63) is 65.6 Å². The molecule has 2 amide bonds. The van der Waals surface area contributed by atoms with Crippen LogP contribution in [0.1, 0.15) is 22.3 Å². The SMILES string of the molecule is C=CCCN1C=C(c2ccc(F)c(C(=O)N3CCOCC3)c2)C2=CC=NC2C1=O. The smallest absolute Gasteiger partial charge is 0.257 e. The monoisotopic (exact) mass is 395 g/mol. The highest BCUT2D eigenvalue weighted by Crippen LogP contribution is 2.35. The van der Waals surface area contributed by atoms with Crippen LogP contribution in [0.25, 0.3) is 5.57 Å². The van der Waals surface area contributed by atoms with E-state index in [0.29, 0.717) is 44.8 Å². The number of aliphatic imine (C=N–C) groups is 1. The lowest BCUT2D eigenvalue weighted by Crippen LogP contribution is -2.41. The Bertz CT molecular complexity index is 945. The van der Waals surface area contributed by atoms with E-state index in [9.17, 15) is 14.0 Å². The van der Waals surface area contributed by atoms with E-state index in [-0.39, 0.29) is 17.4 Å². The first-order valence-corrected chi connectivity index (χ1v) is 9.64. The summed E-state index contributed by atoms with van der Waals surface area (Å²) in [5, 5.41) is 0. The number of amides is 2. The zero-order chi connectivity index (χ0) is 20.4. The fourth-order valence-corrected chi connectivity index (χ4v) is 3.71. The molecule has 1 aromatic rings. The molecule has 150 valence electrons. The summed E-state index contributed by atoms with van der Waals surface area (Å²) in [6.07, 6.45) is 7.58. The first-order valence-electron chi connectivity index (χ1n) is 9.64. The number of carbonyl (C=O) groups is 2. The van der Waals surface area contributed by atoms with Gasteiger partial charge in [-0.2, -0.15) is 0 Å². The van der Waals surface area contributed by atoms with E-state index in [4.69, 9.17) is 4.74 Å². The maximum absolute atomic E-state index is 14.5. The van der Waals surface area contributed by atoms with Crippen LogP contribution in [0, 0.1) is 5.82 Å². The summed E-state index contributed by atoms with van der Waals surface area (Å²) >= 11 is 0. The standard InChI is InChI=1S/C22H22FN3O3/c1-2-3-8-26-14-18(16-6-7-24-20(16)22(26)28)15-4-5-19(23)17(13-15)21(27)25-9-11-29-12-10-25/h2,4-7,13-14,20H,1,3,8-12H2. The molecule has 7 heteroatoms. The zero-order valence-corrected chi connectivity index (χ0v) is 16.0. The highest BCUT2D eigenvalue weighted by molar-refractivity contribution is 6.04. The molecular weight excluding hydrogens is 373 g/mol. The molecule has 1 fully saturated rings. The minimum Gasteiger partial charge on any atom is -0.378 e. The van der Waals surface area contributed by atoms with Crippen LogP contribution in [-0.2, 0) is 9.53 Å². The minimum absolute atomic E-state index is 0.0240. The predicted molar refractivity (Wildman–Crippen MR) is 108 cm³/mol. The number of fused-ring (bicyclic) bond motifs is 1. The van der Waals surface area contributed by atoms with Gasteiger partial charge in [0.15, 0.2) is 6.04 Å². The molecule has 0 aliphatic carbocycles. The lowest BCUT2D eigenvalue weighted by Gasteiger charge is -2.30. The van der Waals surface area contributed by atoms with E-state index >= 15 is 0 Å². The minimum atomic E-state index is -0.594. The van der Waals surface area contributed by atoms with Crippen LogP contribution in [0.15, 0.2) is 53.7 Å². The van der Waals surface area contributed by atoms with E-state index in [1.54, 1.807) is 46.5 Å². The van der Waals surface area contributed by atoms with Crippen molar-refractivity contribution in [2.45, 2.75) is 12.5 Å². The number of rotatable bonds is 5. The Morgan fingerprint density at radius 1 is 1.34 bits per heavy atom. The van der Waals surface area contributed by atoms with E-state index in [1.807, 2.05) is 0 Å². The number of hydrogen-bond donors (Lipinski definition) is 0. The second kappa shape index (κ2) is 8.13. The van der Waals surface area contributed by atoms with Crippen molar-refractivity contribution in [3.63, 3.8) is 0 Å². The normalized spacial score (nSPS) is 21.0. The molecule has 1 unspecified atom stereocenters. The predicted octanol–water partition coefficient (Wildman–Crippen LogP) is 2.44. The maximum atomic E-state index is 14.5. The molecule has 0 bridgehead atoms. The van der Waals surface area contributed by atoms with Gasteiger partial charge in [0.1, 0.15) is 5.82 Å². The second-order valence-corrected chi connectivity index (χ2v) is 7.07. The van der Waals surface area contributed by atoms with Gasteiger partial charge in [0.05, 0.1) is 18.8 Å². The molecule has 3 aliphatic heterocycles. The van der Waals surface area contributed by atoms with Crippen LogP contribution >= 0.6 is 0 Å². The average molecular weight is 395 g/mol. The topological polar surface area (TPSA) is 62.2 Å². The fraction of sp³-hybridized carbons (Fsp3) is 0.318. The summed E-state index contributed by atoms with van der Waals surface area (Å²) in [5.41, 5.74) is 2.24. The van der Waals surface area contributed by atoms with Crippen molar-refractivity contribution in [3.8, 4) is 0 Å². The lowest BCUT2D eigenvalue weighted by molar-refractivity contribution is -0.129. The quantitative estimate of drug-likeness (QED) is 0.720. The number of ether oxygens (including phenoxy) is 1. The molecule has 1 saturated heterocycles. The molecule has 3 heterocycles. The highest BCUT2D eigenvalue weighted by atomic mass is 19.1. The molecule has 4 rings (SSSR count). The van der Waals surface area contributed by atoms with Crippen molar-refractivity contribution < 1.29 is 18.7 Å². The van der Waals surface area contributed by atoms with Crippen molar-refractivity contribution in [1.29, 1.82) is 0 Å².